The van der Waals surface area contributed by atoms with Crippen LogP contribution in [0.3, 0.4) is 0 Å². The molecule has 3 rings (SSSR count). The van der Waals surface area contributed by atoms with Gasteiger partial charge in [0, 0.05) is 32.0 Å². The molecule has 1 atom stereocenters. The predicted molar refractivity (Wildman–Crippen MR) is 67.5 cm³/mol. The third kappa shape index (κ3) is 1.93. The standard InChI is InChI=1S/C15H17NO/c1-11-14-10-16(9-13(14)7-15(11)17)8-12-5-3-2-4-6-12/h2-6,13H,7-10H2,1H3. The Bertz CT molecular complexity index is 475. The highest BCUT2D eigenvalue weighted by molar-refractivity contribution is 5.98. The van der Waals surface area contributed by atoms with Gasteiger partial charge in [-0.15, -0.1) is 0 Å². The van der Waals surface area contributed by atoms with Gasteiger partial charge in [-0.25, -0.2) is 0 Å². The number of carbonyl (C=O) groups excluding carboxylic acids is 1. The van der Waals surface area contributed by atoms with Crippen LogP contribution in [0.1, 0.15) is 18.9 Å². The van der Waals surface area contributed by atoms with E-state index in [2.05, 4.69) is 29.2 Å². The Morgan fingerprint density at radius 2 is 2.06 bits per heavy atom. The smallest absolute Gasteiger partial charge is 0.159 e. The van der Waals surface area contributed by atoms with Crippen molar-refractivity contribution < 1.29 is 4.79 Å². The van der Waals surface area contributed by atoms with Crippen molar-refractivity contribution in [1.29, 1.82) is 0 Å². The molecule has 1 aliphatic heterocycles. The van der Waals surface area contributed by atoms with Crippen LogP contribution in [-0.4, -0.2) is 23.8 Å². The highest BCUT2D eigenvalue weighted by Gasteiger charge is 2.36. The fraction of sp³-hybridized carbons (Fsp3) is 0.400. The maximum atomic E-state index is 11.6. The minimum Gasteiger partial charge on any atom is -0.295 e. The van der Waals surface area contributed by atoms with Crippen molar-refractivity contribution in [3.05, 3.63) is 47.0 Å². The fourth-order valence-electron chi connectivity index (χ4n) is 2.99. The Kier molecular flexibility index (Phi) is 2.60. The number of benzene rings is 1. The van der Waals surface area contributed by atoms with Crippen LogP contribution in [0.15, 0.2) is 41.5 Å². The second-order valence-corrected chi connectivity index (χ2v) is 5.13. The van der Waals surface area contributed by atoms with Crippen LogP contribution >= 0.6 is 0 Å². The summed E-state index contributed by atoms with van der Waals surface area (Å²) in [6.45, 7) is 5.02. The van der Waals surface area contributed by atoms with E-state index in [4.69, 9.17) is 0 Å². The lowest BCUT2D eigenvalue weighted by Crippen LogP contribution is -2.21. The van der Waals surface area contributed by atoms with Crippen LogP contribution in [-0.2, 0) is 11.3 Å². The van der Waals surface area contributed by atoms with E-state index in [0.717, 1.165) is 31.6 Å². The summed E-state index contributed by atoms with van der Waals surface area (Å²) in [5.74, 6) is 0.871. The largest absolute Gasteiger partial charge is 0.295 e. The minimum absolute atomic E-state index is 0.365. The molecule has 1 unspecified atom stereocenters. The summed E-state index contributed by atoms with van der Waals surface area (Å²) in [6.07, 6.45) is 0.743. The average Bonchev–Trinajstić information content (AvgIpc) is 2.82. The van der Waals surface area contributed by atoms with Gasteiger partial charge >= 0.3 is 0 Å². The van der Waals surface area contributed by atoms with Gasteiger partial charge in [-0.1, -0.05) is 30.3 Å². The van der Waals surface area contributed by atoms with Crippen molar-refractivity contribution in [3.63, 3.8) is 0 Å². The number of likely N-dealkylation sites (tertiary alicyclic amines) is 1. The molecule has 2 aliphatic rings. The molecule has 1 aromatic rings. The molecule has 0 radical (unpaired) electrons. The van der Waals surface area contributed by atoms with Crippen molar-refractivity contribution >= 4 is 5.78 Å². The van der Waals surface area contributed by atoms with Gasteiger partial charge in [0.1, 0.15) is 0 Å². The summed E-state index contributed by atoms with van der Waals surface area (Å²) in [5, 5.41) is 0. The highest BCUT2D eigenvalue weighted by Crippen LogP contribution is 2.35. The van der Waals surface area contributed by atoms with E-state index < -0.39 is 0 Å². The molecule has 0 amide bonds. The van der Waals surface area contributed by atoms with E-state index in [1.165, 1.54) is 11.1 Å². The predicted octanol–water partition coefficient (Wildman–Crippen LogP) is 2.41. The van der Waals surface area contributed by atoms with Crippen molar-refractivity contribution in [2.45, 2.75) is 19.9 Å². The summed E-state index contributed by atoms with van der Waals surface area (Å²) in [4.78, 5) is 14.0. The van der Waals surface area contributed by atoms with E-state index >= 15 is 0 Å². The number of allylic oxidation sites excluding steroid dienone is 1. The quantitative estimate of drug-likeness (QED) is 0.773. The van der Waals surface area contributed by atoms with Crippen LogP contribution in [0.25, 0.3) is 0 Å². The van der Waals surface area contributed by atoms with Crippen LogP contribution in [0.4, 0.5) is 0 Å². The minimum atomic E-state index is 0.365. The Morgan fingerprint density at radius 3 is 2.76 bits per heavy atom. The number of hydrogen-bond donors (Lipinski definition) is 0. The maximum absolute atomic E-state index is 11.6. The number of ketones is 1. The van der Waals surface area contributed by atoms with Crippen molar-refractivity contribution in [3.8, 4) is 0 Å². The van der Waals surface area contributed by atoms with Crippen LogP contribution in [0.2, 0.25) is 0 Å². The molecular formula is C15H17NO. The number of hydrogen-bond acceptors (Lipinski definition) is 2. The molecule has 17 heavy (non-hydrogen) atoms. The second kappa shape index (κ2) is 4.11. The lowest BCUT2D eigenvalue weighted by atomic mass is 10.1. The van der Waals surface area contributed by atoms with Gasteiger partial charge in [0.05, 0.1) is 0 Å². The third-order valence-corrected chi connectivity index (χ3v) is 3.95. The van der Waals surface area contributed by atoms with Gasteiger partial charge < -0.3 is 0 Å². The number of fused-ring (bicyclic) bond motifs is 1. The molecule has 2 nitrogen and oxygen atoms in total. The molecule has 1 fully saturated rings. The first-order chi connectivity index (χ1) is 8.24. The Balaban J connectivity index is 1.72. The van der Waals surface area contributed by atoms with E-state index in [1.807, 2.05) is 13.0 Å². The number of Topliss-reactive ketones (excluding diaryl/α,β-unsaturated/α-hetero) is 1. The molecule has 0 spiro atoms. The fourth-order valence-corrected chi connectivity index (χ4v) is 2.99. The van der Waals surface area contributed by atoms with E-state index in [9.17, 15) is 4.79 Å². The zero-order chi connectivity index (χ0) is 11.8. The van der Waals surface area contributed by atoms with Gasteiger partial charge in [-0.2, -0.15) is 0 Å². The molecule has 2 heteroatoms. The molecule has 0 N–H and O–H groups in total. The SMILES string of the molecule is CC1=C2CN(Cc3ccccc3)CC2CC1=O. The van der Waals surface area contributed by atoms with Gasteiger partial charge in [0.25, 0.3) is 0 Å². The van der Waals surface area contributed by atoms with E-state index in [1.54, 1.807) is 0 Å². The molecule has 0 saturated carbocycles. The lowest BCUT2D eigenvalue weighted by Gasteiger charge is -2.15. The first-order valence-electron chi connectivity index (χ1n) is 6.23. The summed E-state index contributed by atoms with van der Waals surface area (Å²) in [6, 6.07) is 10.6. The lowest BCUT2D eigenvalue weighted by molar-refractivity contribution is -0.115. The van der Waals surface area contributed by atoms with Crippen LogP contribution in [0.5, 0.6) is 0 Å². The Labute approximate surface area is 102 Å². The highest BCUT2D eigenvalue weighted by atomic mass is 16.1. The monoisotopic (exact) mass is 227 g/mol. The van der Waals surface area contributed by atoms with E-state index in [0.29, 0.717) is 11.7 Å². The normalized spacial score (nSPS) is 24.5. The molecule has 1 heterocycles. The molecule has 1 saturated heterocycles. The maximum Gasteiger partial charge on any atom is 0.159 e. The molecular weight excluding hydrogens is 210 g/mol. The van der Waals surface area contributed by atoms with Crippen molar-refractivity contribution in [2.75, 3.05) is 13.1 Å². The third-order valence-electron chi connectivity index (χ3n) is 3.95. The zero-order valence-electron chi connectivity index (χ0n) is 10.1. The van der Waals surface area contributed by atoms with Gasteiger partial charge in [0.15, 0.2) is 5.78 Å². The number of carbonyl (C=O) groups is 1. The summed E-state index contributed by atoms with van der Waals surface area (Å²) < 4.78 is 0. The topological polar surface area (TPSA) is 20.3 Å². The van der Waals surface area contributed by atoms with Gasteiger partial charge in [-0.05, 0) is 23.6 Å². The van der Waals surface area contributed by atoms with Crippen molar-refractivity contribution in [1.82, 2.24) is 4.90 Å². The second-order valence-electron chi connectivity index (χ2n) is 5.13. The summed E-state index contributed by atoms with van der Waals surface area (Å²) in [7, 11) is 0. The number of nitrogens with zero attached hydrogens (tertiary/aromatic N) is 1. The summed E-state index contributed by atoms with van der Waals surface area (Å²) in [5.41, 5.74) is 3.79. The van der Waals surface area contributed by atoms with Gasteiger partial charge in [-0.3, -0.25) is 9.69 Å². The van der Waals surface area contributed by atoms with Crippen LogP contribution < -0.4 is 0 Å². The Hall–Kier alpha value is -1.41. The van der Waals surface area contributed by atoms with Gasteiger partial charge in [0.2, 0.25) is 0 Å². The van der Waals surface area contributed by atoms with E-state index in [-0.39, 0.29) is 0 Å². The molecule has 1 aliphatic carbocycles. The number of rotatable bonds is 2. The average molecular weight is 227 g/mol. The molecule has 0 bridgehead atoms. The van der Waals surface area contributed by atoms with Crippen molar-refractivity contribution in [2.24, 2.45) is 5.92 Å². The summed E-state index contributed by atoms with van der Waals surface area (Å²) >= 11 is 0. The van der Waals surface area contributed by atoms with Crippen LogP contribution in [0, 0.1) is 5.92 Å². The first kappa shape index (κ1) is 10.7. The molecule has 0 aromatic heterocycles. The molecule has 1 aromatic carbocycles. The zero-order valence-corrected chi connectivity index (χ0v) is 10.1. The first-order valence-corrected chi connectivity index (χ1v) is 6.23. The Morgan fingerprint density at radius 1 is 1.29 bits per heavy atom. The molecule has 88 valence electrons.